The minimum absolute atomic E-state index is 0.0691. The van der Waals surface area contributed by atoms with E-state index < -0.39 is 0 Å². The monoisotopic (exact) mass is 315 g/mol. The highest BCUT2D eigenvalue weighted by molar-refractivity contribution is 14.1. The summed E-state index contributed by atoms with van der Waals surface area (Å²) >= 11 is 1.65. The molecular formula is C8H14INO4. The van der Waals surface area contributed by atoms with Gasteiger partial charge in [-0.2, -0.15) is 3.22 Å². The standard InChI is InChI=1S/C8H14INO4/c9-14-13-6-8(5-11)1-3-10(7-12)4-2-8/h7,11H,1-6H2. The van der Waals surface area contributed by atoms with E-state index >= 15 is 0 Å². The fraction of sp³-hybridized carbons (Fsp3) is 0.875. The van der Waals surface area contributed by atoms with Crippen molar-refractivity contribution in [3.63, 3.8) is 0 Å². The first-order valence-corrected chi connectivity index (χ1v) is 5.35. The van der Waals surface area contributed by atoms with Crippen LogP contribution in [0.1, 0.15) is 12.8 Å². The highest BCUT2D eigenvalue weighted by Crippen LogP contribution is 2.31. The van der Waals surface area contributed by atoms with Crippen molar-refractivity contribution < 1.29 is 18.0 Å². The van der Waals surface area contributed by atoms with E-state index in [0.717, 1.165) is 19.3 Å². The van der Waals surface area contributed by atoms with E-state index in [9.17, 15) is 9.90 Å². The van der Waals surface area contributed by atoms with Crippen molar-refractivity contribution in [3.05, 3.63) is 0 Å². The molecule has 1 saturated heterocycles. The Kier molecular flexibility index (Phi) is 5.07. The van der Waals surface area contributed by atoms with Crippen LogP contribution in [0, 0.1) is 5.41 Å². The van der Waals surface area contributed by atoms with Crippen LogP contribution in [0.25, 0.3) is 0 Å². The Morgan fingerprint density at radius 3 is 2.57 bits per heavy atom. The van der Waals surface area contributed by atoms with Crippen LogP contribution in [0.15, 0.2) is 0 Å². The number of carbonyl (C=O) groups excluding carboxylic acids is 1. The summed E-state index contributed by atoms with van der Waals surface area (Å²) < 4.78 is 4.50. The normalized spacial score (nSPS) is 20.9. The minimum atomic E-state index is -0.245. The minimum Gasteiger partial charge on any atom is -0.396 e. The number of nitrogens with zero attached hydrogens (tertiary/aromatic N) is 1. The van der Waals surface area contributed by atoms with Gasteiger partial charge in [0.2, 0.25) is 6.41 Å². The van der Waals surface area contributed by atoms with Crippen LogP contribution < -0.4 is 0 Å². The molecule has 0 aliphatic carbocycles. The summed E-state index contributed by atoms with van der Waals surface area (Å²) in [5, 5.41) is 9.28. The van der Waals surface area contributed by atoms with Crippen molar-refractivity contribution in [1.82, 2.24) is 4.90 Å². The number of piperidine rings is 1. The van der Waals surface area contributed by atoms with Gasteiger partial charge in [-0.3, -0.25) is 4.79 Å². The van der Waals surface area contributed by atoms with E-state index in [1.165, 1.54) is 0 Å². The molecule has 1 aliphatic rings. The van der Waals surface area contributed by atoms with Gasteiger partial charge in [0.15, 0.2) is 23.0 Å². The smallest absolute Gasteiger partial charge is 0.209 e. The van der Waals surface area contributed by atoms with Gasteiger partial charge in [-0.15, -0.1) is 0 Å². The van der Waals surface area contributed by atoms with Gasteiger partial charge in [0.1, 0.15) is 0 Å². The van der Waals surface area contributed by atoms with Crippen molar-refractivity contribution in [2.45, 2.75) is 12.8 Å². The van der Waals surface area contributed by atoms with E-state index in [0.29, 0.717) is 19.7 Å². The molecule has 5 nitrogen and oxygen atoms in total. The second-order valence-corrected chi connectivity index (χ2v) is 3.98. The third-order valence-electron chi connectivity index (χ3n) is 2.75. The average Bonchev–Trinajstić information content (AvgIpc) is 2.27. The summed E-state index contributed by atoms with van der Waals surface area (Å²) in [6.07, 6.45) is 2.35. The SMILES string of the molecule is O=CN1CCC(CO)(COOI)CC1. The zero-order valence-electron chi connectivity index (χ0n) is 7.82. The number of amides is 1. The topological polar surface area (TPSA) is 59.0 Å². The van der Waals surface area contributed by atoms with Gasteiger partial charge in [-0.1, -0.05) is 0 Å². The first-order chi connectivity index (χ1) is 6.76. The molecule has 0 aromatic rings. The summed E-state index contributed by atoms with van der Waals surface area (Å²) in [7, 11) is 0. The number of hydrogen-bond donors (Lipinski definition) is 1. The molecule has 1 fully saturated rings. The Morgan fingerprint density at radius 2 is 2.14 bits per heavy atom. The van der Waals surface area contributed by atoms with Crippen LogP contribution >= 0.6 is 23.0 Å². The molecule has 6 heteroatoms. The maximum atomic E-state index is 10.5. The fourth-order valence-corrected chi connectivity index (χ4v) is 1.73. The molecule has 1 heterocycles. The number of carbonyl (C=O) groups is 1. The lowest BCUT2D eigenvalue weighted by Crippen LogP contribution is -2.43. The molecule has 0 bridgehead atoms. The van der Waals surface area contributed by atoms with Crippen molar-refractivity contribution >= 4 is 29.4 Å². The Morgan fingerprint density at radius 1 is 1.50 bits per heavy atom. The lowest BCUT2D eigenvalue weighted by Gasteiger charge is -2.38. The van der Waals surface area contributed by atoms with Gasteiger partial charge in [-0.05, 0) is 12.8 Å². The Balaban J connectivity index is 2.43. The van der Waals surface area contributed by atoms with Crippen molar-refractivity contribution in [2.75, 3.05) is 26.3 Å². The van der Waals surface area contributed by atoms with Crippen molar-refractivity contribution in [2.24, 2.45) is 5.41 Å². The predicted octanol–water partition coefficient (Wildman–Crippen LogP) is 0.515. The number of aliphatic hydroxyl groups is 1. The van der Waals surface area contributed by atoms with E-state index in [-0.39, 0.29) is 12.0 Å². The van der Waals surface area contributed by atoms with Gasteiger partial charge in [0, 0.05) is 18.5 Å². The third-order valence-corrected chi connectivity index (χ3v) is 3.01. The van der Waals surface area contributed by atoms with Gasteiger partial charge >= 0.3 is 0 Å². The lowest BCUT2D eigenvalue weighted by atomic mass is 9.80. The lowest BCUT2D eigenvalue weighted by molar-refractivity contribution is -0.204. The molecular weight excluding hydrogens is 301 g/mol. The largest absolute Gasteiger partial charge is 0.396 e. The third kappa shape index (κ3) is 3.04. The first-order valence-electron chi connectivity index (χ1n) is 4.47. The molecule has 1 rings (SSSR count). The molecule has 0 atom stereocenters. The van der Waals surface area contributed by atoms with Crippen molar-refractivity contribution in [3.8, 4) is 0 Å². The molecule has 1 N–H and O–H groups in total. The molecule has 0 unspecified atom stereocenters. The number of likely N-dealkylation sites (tertiary alicyclic amines) is 1. The van der Waals surface area contributed by atoms with Gasteiger partial charge in [0.25, 0.3) is 0 Å². The van der Waals surface area contributed by atoms with Crippen LogP contribution in [0.4, 0.5) is 0 Å². The second-order valence-electron chi connectivity index (χ2n) is 3.62. The summed E-state index contributed by atoms with van der Waals surface area (Å²) in [4.78, 5) is 17.0. The average molecular weight is 315 g/mol. The molecule has 0 spiro atoms. The fourth-order valence-electron chi connectivity index (χ4n) is 1.60. The van der Waals surface area contributed by atoms with Crippen LogP contribution in [-0.2, 0) is 12.9 Å². The number of hydrogen-bond acceptors (Lipinski definition) is 4. The number of rotatable bonds is 5. The number of aliphatic hydroxyl groups excluding tert-OH is 1. The van der Waals surface area contributed by atoms with Gasteiger partial charge < -0.3 is 10.0 Å². The van der Waals surface area contributed by atoms with E-state index in [2.05, 4.69) is 3.22 Å². The quantitative estimate of drug-likeness (QED) is 0.348. The zero-order valence-corrected chi connectivity index (χ0v) is 9.97. The molecule has 14 heavy (non-hydrogen) atoms. The summed E-state index contributed by atoms with van der Waals surface area (Å²) in [6, 6.07) is 0. The van der Waals surface area contributed by atoms with Crippen LogP contribution in [-0.4, -0.2) is 42.7 Å². The maximum absolute atomic E-state index is 10.5. The van der Waals surface area contributed by atoms with E-state index in [1.807, 2.05) is 0 Å². The summed E-state index contributed by atoms with van der Waals surface area (Å²) in [5.74, 6) is 0. The van der Waals surface area contributed by atoms with Gasteiger partial charge in [-0.25, -0.2) is 4.89 Å². The molecule has 0 radical (unpaired) electrons. The number of halogens is 1. The molecule has 82 valence electrons. The van der Waals surface area contributed by atoms with Crippen LogP contribution in [0.3, 0.4) is 0 Å². The predicted molar refractivity (Wildman–Crippen MR) is 57.4 cm³/mol. The van der Waals surface area contributed by atoms with E-state index in [4.69, 9.17) is 4.89 Å². The highest BCUT2D eigenvalue weighted by atomic mass is 127. The van der Waals surface area contributed by atoms with Crippen LogP contribution in [0.5, 0.6) is 0 Å². The Labute approximate surface area is 97.0 Å². The highest BCUT2D eigenvalue weighted by Gasteiger charge is 2.34. The second kappa shape index (κ2) is 5.84. The molecule has 0 aromatic heterocycles. The summed E-state index contributed by atoms with van der Waals surface area (Å²) in [6.45, 7) is 1.79. The molecule has 0 aromatic carbocycles. The molecule has 1 aliphatic heterocycles. The van der Waals surface area contributed by atoms with E-state index in [1.54, 1.807) is 27.9 Å². The molecule has 0 saturated carbocycles. The Bertz CT molecular complexity index is 182. The Hall–Kier alpha value is 0.0800. The maximum Gasteiger partial charge on any atom is 0.209 e. The van der Waals surface area contributed by atoms with Crippen LogP contribution in [0.2, 0.25) is 0 Å². The first kappa shape index (κ1) is 12.2. The van der Waals surface area contributed by atoms with Crippen molar-refractivity contribution in [1.29, 1.82) is 0 Å². The molecule has 1 amide bonds. The van der Waals surface area contributed by atoms with Gasteiger partial charge in [0.05, 0.1) is 13.2 Å². The summed E-state index contributed by atoms with van der Waals surface area (Å²) in [5.41, 5.74) is -0.245. The zero-order chi connectivity index (χ0) is 10.4.